The highest BCUT2D eigenvalue weighted by Gasteiger charge is 2.32. The Morgan fingerprint density at radius 3 is 2.62 bits per heavy atom. The highest BCUT2D eigenvalue weighted by Crippen LogP contribution is 2.31. The molecule has 10 heteroatoms. The highest BCUT2D eigenvalue weighted by atomic mass is 32.2. The van der Waals surface area contributed by atoms with Gasteiger partial charge in [-0.1, -0.05) is 41.7 Å². The van der Waals surface area contributed by atoms with Crippen molar-refractivity contribution in [3.05, 3.63) is 70.2 Å². The molecule has 1 aromatic heterocycles. The predicted octanol–water partition coefficient (Wildman–Crippen LogP) is 3.51. The van der Waals surface area contributed by atoms with Gasteiger partial charge >= 0.3 is 0 Å². The van der Waals surface area contributed by atoms with E-state index < -0.39 is 10.0 Å². The van der Waals surface area contributed by atoms with Crippen LogP contribution in [-0.2, 0) is 15.8 Å². The zero-order chi connectivity index (χ0) is 22.6. The van der Waals surface area contributed by atoms with Gasteiger partial charge in [0.25, 0.3) is 5.91 Å². The van der Waals surface area contributed by atoms with Gasteiger partial charge in [-0.05, 0) is 42.7 Å². The molecule has 0 bridgehead atoms. The fourth-order valence-corrected chi connectivity index (χ4v) is 6.10. The van der Waals surface area contributed by atoms with Crippen molar-refractivity contribution in [2.45, 2.75) is 24.5 Å². The molecule has 0 radical (unpaired) electrons. The smallest absolute Gasteiger partial charge is 0.286 e. The summed E-state index contributed by atoms with van der Waals surface area (Å²) in [6, 6.07) is 16.2. The second kappa shape index (κ2) is 9.76. The largest absolute Gasteiger partial charge is 0.497 e. The molecule has 0 aliphatic carbocycles. The first kappa shape index (κ1) is 22.4. The van der Waals surface area contributed by atoms with E-state index in [9.17, 15) is 13.2 Å². The van der Waals surface area contributed by atoms with Crippen LogP contribution in [0.15, 0.2) is 54.6 Å². The molecule has 0 spiro atoms. The van der Waals surface area contributed by atoms with Gasteiger partial charge in [-0.3, -0.25) is 4.79 Å². The topological polar surface area (TPSA) is 101 Å². The summed E-state index contributed by atoms with van der Waals surface area (Å²) in [6.07, 6.45) is 1.55. The molecule has 1 amide bonds. The number of anilines is 1. The Labute approximate surface area is 191 Å². The minimum atomic E-state index is -3.43. The lowest BCUT2D eigenvalue weighted by Crippen LogP contribution is -2.39. The Balaban J connectivity index is 1.41. The van der Waals surface area contributed by atoms with E-state index in [0.29, 0.717) is 29.5 Å². The van der Waals surface area contributed by atoms with Crippen LogP contribution >= 0.6 is 11.3 Å². The van der Waals surface area contributed by atoms with Crippen molar-refractivity contribution in [2.24, 2.45) is 0 Å². The van der Waals surface area contributed by atoms with Crippen LogP contribution in [0.25, 0.3) is 0 Å². The van der Waals surface area contributed by atoms with Gasteiger partial charge in [0.1, 0.15) is 10.8 Å². The van der Waals surface area contributed by atoms with E-state index >= 15 is 0 Å². The van der Waals surface area contributed by atoms with E-state index in [1.807, 2.05) is 30.3 Å². The van der Waals surface area contributed by atoms with Crippen molar-refractivity contribution >= 4 is 33.0 Å². The van der Waals surface area contributed by atoms with E-state index in [0.717, 1.165) is 18.4 Å². The molecule has 1 aliphatic heterocycles. The number of hydrogen-bond acceptors (Lipinski definition) is 7. The predicted molar refractivity (Wildman–Crippen MR) is 123 cm³/mol. The lowest BCUT2D eigenvalue weighted by Gasteiger charge is -2.30. The zero-order valence-electron chi connectivity index (χ0n) is 17.6. The second-order valence-corrected chi connectivity index (χ2v) is 10.5. The Kier molecular flexibility index (Phi) is 6.83. The van der Waals surface area contributed by atoms with E-state index in [4.69, 9.17) is 4.74 Å². The number of ether oxygens (including phenoxy) is 1. The van der Waals surface area contributed by atoms with Crippen molar-refractivity contribution in [3.8, 4) is 5.75 Å². The van der Waals surface area contributed by atoms with Crippen LogP contribution in [0.2, 0.25) is 0 Å². The third-order valence-electron chi connectivity index (χ3n) is 5.30. The minimum absolute atomic E-state index is 0.0216. The van der Waals surface area contributed by atoms with Gasteiger partial charge in [0.05, 0.1) is 12.9 Å². The number of carbonyl (C=O) groups excluding carboxylic acids is 1. The first-order valence-corrected chi connectivity index (χ1v) is 12.7. The number of rotatable bonds is 7. The maximum absolute atomic E-state index is 12.9. The summed E-state index contributed by atoms with van der Waals surface area (Å²) in [4.78, 5) is 12.6. The third kappa shape index (κ3) is 5.32. The van der Waals surface area contributed by atoms with Crippen molar-refractivity contribution in [3.63, 3.8) is 0 Å². The normalized spacial score (nSPS) is 17.1. The summed E-state index contributed by atoms with van der Waals surface area (Å²) in [5.41, 5.74) is 1.39. The van der Waals surface area contributed by atoms with Gasteiger partial charge in [0.15, 0.2) is 0 Å². The summed E-state index contributed by atoms with van der Waals surface area (Å²) in [6.45, 7) is 0.846. The SMILES string of the molecule is COc1ccc(NC(=O)c2nnc(C3CCCN(S(=O)(=O)Cc4ccccc4)C3)s2)cc1. The average Bonchev–Trinajstić information content (AvgIpc) is 3.31. The van der Waals surface area contributed by atoms with Crippen molar-refractivity contribution < 1.29 is 17.9 Å². The van der Waals surface area contributed by atoms with Crippen molar-refractivity contribution in [1.82, 2.24) is 14.5 Å². The number of nitrogens with one attached hydrogen (secondary N) is 1. The highest BCUT2D eigenvalue weighted by molar-refractivity contribution is 7.88. The molecule has 8 nitrogen and oxygen atoms in total. The molecule has 1 N–H and O–H groups in total. The Bertz CT molecular complexity index is 1160. The van der Waals surface area contributed by atoms with E-state index in [-0.39, 0.29) is 22.6 Å². The maximum atomic E-state index is 12.9. The lowest BCUT2D eigenvalue weighted by atomic mass is 10.0. The average molecular weight is 473 g/mol. The Morgan fingerprint density at radius 2 is 1.91 bits per heavy atom. The summed E-state index contributed by atoms with van der Waals surface area (Å²) in [5, 5.41) is 12.0. The number of methoxy groups -OCH3 is 1. The van der Waals surface area contributed by atoms with Gasteiger partial charge in [0.2, 0.25) is 15.0 Å². The summed E-state index contributed by atoms with van der Waals surface area (Å²) in [7, 11) is -1.85. The molecule has 2 aromatic carbocycles. The van der Waals surface area contributed by atoms with Crippen LogP contribution in [0.5, 0.6) is 5.75 Å². The fraction of sp³-hybridized carbons (Fsp3) is 0.318. The van der Waals surface area contributed by atoms with Crippen LogP contribution < -0.4 is 10.1 Å². The maximum Gasteiger partial charge on any atom is 0.286 e. The van der Waals surface area contributed by atoms with E-state index in [1.54, 1.807) is 31.4 Å². The molecule has 32 heavy (non-hydrogen) atoms. The van der Waals surface area contributed by atoms with Crippen LogP contribution in [0.1, 0.15) is 39.1 Å². The molecule has 1 fully saturated rings. The molecule has 1 saturated heterocycles. The van der Waals surface area contributed by atoms with Crippen LogP contribution in [0.3, 0.4) is 0 Å². The molecule has 1 unspecified atom stereocenters. The number of aromatic nitrogens is 2. The third-order valence-corrected chi connectivity index (χ3v) is 8.20. The van der Waals surface area contributed by atoms with Gasteiger partial charge in [-0.2, -0.15) is 0 Å². The van der Waals surface area contributed by atoms with Gasteiger partial charge in [-0.15, -0.1) is 10.2 Å². The number of benzene rings is 2. The van der Waals surface area contributed by atoms with Gasteiger partial charge in [-0.25, -0.2) is 12.7 Å². The van der Waals surface area contributed by atoms with Gasteiger partial charge in [0, 0.05) is 24.7 Å². The van der Waals surface area contributed by atoms with Crippen LogP contribution in [0, 0.1) is 0 Å². The number of carbonyl (C=O) groups is 1. The molecule has 1 atom stereocenters. The number of amides is 1. The number of hydrogen-bond donors (Lipinski definition) is 1. The van der Waals surface area contributed by atoms with Crippen LogP contribution in [0.4, 0.5) is 5.69 Å². The fourth-order valence-electron chi connectivity index (χ4n) is 3.62. The molecule has 0 saturated carbocycles. The van der Waals surface area contributed by atoms with E-state index in [2.05, 4.69) is 15.5 Å². The lowest BCUT2D eigenvalue weighted by molar-refractivity contribution is 0.102. The molecular formula is C22H24N4O4S2. The molecule has 2 heterocycles. The van der Waals surface area contributed by atoms with Crippen LogP contribution in [-0.4, -0.2) is 49.0 Å². The monoisotopic (exact) mass is 472 g/mol. The standard InChI is InChI=1S/C22H24N4O4S2/c1-30-19-11-9-18(10-12-19)23-20(27)22-25-24-21(31-22)17-8-5-13-26(14-17)32(28,29)15-16-6-3-2-4-7-16/h2-4,6-7,9-12,17H,5,8,13-15H2,1H3,(H,23,27). The Morgan fingerprint density at radius 1 is 1.16 bits per heavy atom. The Hall–Kier alpha value is -2.82. The molecule has 4 rings (SSSR count). The number of nitrogens with zero attached hydrogens (tertiary/aromatic N) is 3. The van der Waals surface area contributed by atoms with Gasteiger partial charge < -0.3 is 10.1 Å². The zero-order valence-corrected chi connectivity index (χ0v) is 19.2. The summed E-state index contributed by atoms with van der Waals surface area (Å²) < 4.78 is 32.5. The molecule has 3 aromatic rings. The second-order valence-electron chi connectivity index (χ2n) is 7.57. The molecular weight excluding hydrogens is 448 g/mol. The number of sulfonamides is 1. The molecule has 168 valence electrons. The quantitative estimate of drug-likeness (QED) is 0.565. The summed E-state index contributed by atoms with van der Waals surface area (Å²) in [5.74, 6) is 0.259. The van der Waals surface area contributed by atoms with Crippen molar-refractivity contribution in [1.29, 1.82) is 0 Å². The number of piperidine rings is 1. The first-order chi connectivity index (χ1) is 15.4. The van der Waals surface area contributed by atoms with E-state index in [1.165, 1.54) is 15.6 Å². The minimum Gasteiger partial charge on any atom is -0.497 e. The summed E-state index contributed by atoms with van der Waals surface area (Å²) >= 11 is 1.21. The molecule has 1 aliphatic rings. The van der Waals surface area contributed by atoms with Crippen molar-refractivity contribution in [2.75, 3.05) is 25.5 Å². The first-order valence-electron chi connectivity index (χ1n) is 10.2.